The van der Waals surface area contributed by atoms with Crippen LogP contribution in [0.15, 0.2) is 35.2 Å². The van der Waals surface area contributed by atoms with E-state index in [1.165, 1.54) is 68.6 Å². The van der Waals surface area contributed by atoms with Gasteiger partial charge in [0.2, 0.25) is 0 Å². The third-order valence-electron chi connectivity index (χ3n) is 10.9. The first-order chi connectivity index (χ1) is 14.0. The number of fused-ring (bicyclic) bond motifs is 2. The Kier molecular flexibility index (Phi) is 4.32. The Morgan fingerprint density at radius 3 is 2.69 bits per heavy atom. The van der Waals surface area contributed by atoms with Gasteiger partial charge >= 0.3 is 0 Å². The summed E-state index contributed by atoms with van der Waals surface area (Å²) in [4.78, 5) is 4.66. The molecule has 2 saturated carbocycles. The van der Waals surface area contributed by atoms with Gasteiger partial charge in [-0.1, -0.05) is 45.4 Å². The smallest absolute Gasteiger partial charge is 0.0247 e. The van der Waals surface area contributed by atoms with Gasteiger partial charge in [-0.25, -0.2) is 0 Å². The van der Waals surface area contributed by atoms with Gasteiger partial charge in [-0.3, -0.25) is 4.90 Å². The molecule has 2 heteroatoms. The van der Waals surface area contributed by atoms with Gasteiger partial charge in [-0.2, -0.15) is 0 Å². The molecule has 3 saturated heterocycles. The Morgan fingerprint density at radius 1 is 1.07 bits per heavy atom. The first-order valence-corrected chi connectivity index (χ1v) is 13.5. The van der Waals surface area contributed by atoms with E-state index in [4.69, 9.17) is 0 Å². The van der Waals surface area contributed by atoms with Gasteiger partial charge in [-0.05, 0) is 97.3 Å². The predicted octanol–water partition coefficient (Wildman–Crippen LogP) is 6.87. The predicted molar refractivity (Wildman–Crippen MR) is 123 cm³/mol. The minimum absolute atomic E-state index is 0.581. The van der Waals surface area contributed by atoms with Crippen LogP contribution in [0, 0.1) is 34.5 Å². The number of piperidine rings is 2. The molecule has 1 nitrogen and oxygen atoms in total. The quantitative estimate of drug-likeness (QED) is 0.488. The van der Waals surface area contributed by atoms with E-state index in [0.29, 0.717) is 16.4 Å². The highest BCUT2D eigenvalue weighted by molar-refractivity contribution is 7.99. The number of hydrogen-bond donors (Lipinski definition) is 0. The van der Waals surface area contributed by atoms with E-state index in [1.807, 2.05) is 0 Å². The first-order valence-electron chi connectivity index (χ1n) is 12.5. The van der Waals surface area contributed by atoms with Crippen molar-refractivity contribution in [1.82, 2.24) is 4.90 Å². The van der Waals surface area contributed by atoms with Crippen molar-refractivity contribution in [2.45, 2.75) is 88.6 Å². The molecule has 5 aliphatic rings. The third-order valence-corrected chi connectivity index (χ3v) is 11.9. The van der Waals surface area contributed by atoms with Gasteiger partial charge in [0.15, 0.2) is 0 Å². The summed E-state index contributed by atoms with van der Waals surface area (Å²) in [5.41, 5.74) is 1.76. The molecular weight excluding hydrogens is 370 g/mol. The molecule has 3 heterocycles. The number of rotatable bonds is 5. The fourth-order valence-electron chi connectivity index (χ4n) is 9.86. The molecule has 1 aromatic rings. The molecule has 0 aromatic heterocycles. The zero-order valence-corrected chi connectivity index (χ0v) is 19.5. The van der Waals surface area contributed by atoms with Crippen LogP contribution >= 0.6 is 11.8 Å². The molecule has 3 aliphatic heterocycles. The molecule has 29 heavy (non-hydrogen) atoms. The second-order valence-electron chi connectivity index (χ2n) is 11.7. The monoisotopic (exact) mass is 409 g/mol. The van der Waals surface area contributed by atoms with E-state index >= 15 is 0 Å². The van der Waals surface area contributed by atoms with Crippen LogP contribution in [0.4, 0.5) is 0 Å². The summed E-state index contributed by atoms with van der Waals surface area (Å²) < 4.78 is 0. The van der Waals surface area contributed by atoms with Crippen LogP contribution in [0.3, 0.4) is 0 Å². The Bertz CT molecular complexity index is 776. The van der Waals surface area contributed by atoms with Gasteiger partial charge in [0.1, 0.15) is 0 Å². The number of benzene rings is 1. The average molecular weight is 410 g/mol. The molecule has 158 valence electrons. The van der Waals surface area contributed by atoms with E-state index < -0.39 is 0 Å². The zero-order chi connectivity index (χ0) is 19.9. The van der Waals surface area contributed by atoms with E-state index in [2.05, 4.69) is 67.8 Å². The second-order valence-corrected chi connectivity index (χ2v) is 12.9. The Balaban J connectivity index is 1.42. The second kappa shape index (κ2) is 6.52. The van der Waals surface area contributed by atoms with Crippen molar-refractivity contribution < 1.29 is 0 Å². The lowest BCUT2D eigenvalue weighted by Gasteiger charge is -2.67. The summed E-state index contributed by atoms with van der Waals surface area (Å²) in [6.07, 6.45) is 12.0. The third kappa shape index (κ3) is 2.29. The van der Waals surface area contributed by atoms with Crippen LogP contribution in [-0.4, -0.2) is 28.8 Å². The molecule has 8 atom stereocenters. The standard InChI is InChI=1S/C27H39NS/c1-19(2)22-12-14-25(3)20-11-15-26-13-7-10-23(26)27(25,24(22)28(26)18-20)16-17-29-21-8-5-4-6-9-21/h4-6,8-9,19-20,22-24H,7,10-18H2,1-3H3/t20-,22+,23+,24-,25-,26+,27-/m0/s1. The average Bonchev–Trinajstić information content (AvgIpc) is 3.19. The molecule has 0 amide bonds. The van der Waals surface area contributed by atoms with Crippen molar-refractivity contribution in [3.8, 4) is 0 Å². The lowest BCUT2D eigenvalue weighted by atomic mass is 9.42. The van der Waals surface area contributed by atoms with Crippen LogP contribution in [-0.2, 0) is 0 Å². The largest absolute Gasteiger partial charge is 0.293 e. The molecule has 1 unspecified atom stereocenters. The van der Waals surface area contributed by atoms with Gasteiger partial charge in [-0.15, -0.1) is 11.8 Å². The number of nitrogens with zero attached hydrogens (tertiary/aromatic N) is 1. The first kappa shape index (κ1) is 19.2. The van der Waals surface area contributed by atoms with Crippen LogP contribution in [0.2, 0.25) is 0 Å². The summed E-state index contributed by atoms with van der Waals surface area (Å²) in [6, 6.07) is 12.1. The van der Waals surface area contributed by atoms with E-state index in [0.717, 1.165) is 29.7 Å². The maximum atomic E-state index is 3.19. The highest BCUT2D eigenvalue weighted by atomic mass is 32.2. The van der Waals surface area contributed by atoms with Crippen molar-refractivity contribution in [2.24, 2.45) is 34.5 Å². The van der Waals surface area contributed by atoms with Crippen molar-refractivity contribution >= 4 is 11.8 Å². The maximum Gasteiger partial charge on any atom is 0.0247 e. The van der Waals surface area contributed by atoms with E-state index in [1.54, 1.807) is 0 Å². The zero-order valence-electron chi connectivity index (χ0n) is 18.7. The SMILES string of the molecule is CC(C)[C@H]1CC[C@@]2(C)[C@H]3CC[C@]45CCC[C@H]4[C@@]2(CCSc2ccccc2)[C@H]1N5C3. The summed E-state index contributed by atoms with van der Waals surface area (Å²) >= 11 is 2.13. The summed E-state index contributed by atoms with van der Waals surface area (Å²) in [7, 11) is 0. The van der Waals surface area contributed by atoms with Crippen LogP contribution in [0.5, 0.6) is 0 Å². The minimum atomic E-state index is 0.581. The summed E-state index contributed by atoms with van der Waals surface area (Å²) in [5.74, 6) is 5.01. The normalized spacial score (nSPS) is 49.6. The van der Waals surface area contributed by atoms with Crippen molar-refractivity contribution in [3.05, 3.63) is 30.3 Å². The Hall–Kier alpha value is -0.470. The van der Waals surface area contributed by atoms with Crippen molar-refractivity contribution in [3.63, 3.8) is 0 Å². The molecule has 5 bridgehead atoms. The van der Waals surface area contributed by atoms with Crippen molar-refractivity contribution in [1.29, 1.82) is 0 Å². The highest BCUT2D eigenvalue weighted by Crippen LogP contribution is 2.79. The lowest BCUT2D eigenvalue weighted by molar-refractivity contribution is -0.179. The number of hydrogen-bond acceptors (Lipinski definition) is 2. The fourth-order valence-corrected chi connectivity index (χ4v) is 10.9. The fraction of sp³-hybridized carbons (Fsp3) is 0.778. The molecule has 5 fully saturated rings. The summed E-state index contributed by atoms with van der Waals surface area (Å²) in [5, 5.41) is 0. The minimum Gasteiger partial charge on any atom is -0.293 e. The van der Waals surface area contributed by atoms with Crippen molar-refractivity contribution in [2.75, 3.05) is 12.3 Å². The molecule has 6 rings (SSSR count). The highest BCUT2D eigenvalue weighted by Gasteiger charge is 2.79. The maximum absolute atomic E-state index is 3.19. The van der Waals surface area contributed by atoms with Gasteiger partial charge in [0.25, 0.3) is 0 Å². The van der Waals surface area contributed by atoms with Gasteiger partial charge in [0, 0.05) is 23.0 Å². The van der Waals surface area contributed by atoms with E-state index in [9.17, 15) is 0 Å². The van der Waals surface area contributed by atoms with Gasteiger partial charge in [0.05, 0.1) is 0 Å². The molecule has 0 radical (unpaired) electrons. The molecule has 2 aliphatic carbocycles. The topological polar surface area (TPSA) is 3.24 Å². The Morgan fingerprint density at radius 2 is 1.90 bits per heavy atom. The molecule has 0 N–H and O–H groups in total. The lowest BCUT2D eigenvalue weighted by Crippen LogP contribution is -2.68. The van der Waals surface area contributed by atoms with Crippen LogP contribution in [0.25, 0.3) is 0 Å². The Labute approximate surface area is 182 Å². The molecule has 1 spiro atoms. The van der Waals surface area contributed by atoms with Crippen LogP contribution in [0.1, 0.15) is 72.1 Å². The molecular formula is C27H39NS. The number of thioether (sulfide) groups is 1. The summed E-state index contributed by atoms with van der Waals surface area (Å²) in [6.45, 7) is 9.28. The molecule has 1 aromatic carbocycles. The van der Waals surface area contributed by atoms with E-state index in [-0.39, 0.29) is 0 Å². The van der Waals surface area contributed by atoms with Crippen LogP contribution < -0.4 is 0 Å². The van der Waals surface area contributed by atoms with Gasteiger partial charge < -0.3 is 0 Å².